The van der Waals surface area contributed by atoms with Gasteiger partial charge in [0.15, 0.2) is 0 Å². The third kappa shape index (κ3) is 5.96. The largest absolute Gasteiger partial charge is 0.397 e. The number of hydrogen-bond acceptors (Lipinski definition) is 4. The minimum absolute atomic E-state index is 0.171. The van der Waals surface area contributed by atoms with Crippen molar-refractivity contribution in [2.45, 2.75) is 6.92 Å². The molecular formula is C4H10O5S. The molecular weight excluding hydrogens is 160 g/mol. The van der Waals surface area contributed by atoms with Gasteiger partial charge in [-0.3, -0.25) is 4.55 Å². The van der Waals surface area contributed by atoms with Crippen LogP contribution in [0.15, 0.2) is 0 Å². The fourth-order valence-electron chi connectivity index (χ4n) is 0.255. The number of aliphatic hydroxyl groups excluding tert-OH is 1. The van der Waals surface area contributed by atoms with Crippen molar-refractivity contribution in [3.8, 4) is 0 Å². The fraction of sp³-hybridized carbons (Fsp3) is 1.00. The molecule has 1 atom stereocenters. The first-order chi connectivity index (χ1) is 4.45. The average Bonchev–Trinajstić information content (AvgIpc) is 1.81. The summed E-state index contributed by atoms with van der Waals surface area (Å²) in [6, 6.07) is 0. The second-order valence-electron chi connectivity index (χ2n) is 2.00. The molecule has 0 saturated heterocycles. The van der Waals surface area contributed by atoms with Crippen LogP contribution in [-0.2, 0) is 14.6 Å². The molecule has 0 aromatic heterocycles. The van der Waals surface area contributed by atoms with Gasteiger partial charge in [0.2, 0.25) is 0 Å². The van der Waals surface area contributed by atoms with E-state index in [9.17, 15) is 8.42 Å². The topological polar surface area (TPSA) is 83.8 Å². The minimum Gasteiger partial charge on any atom is -0.396 e. The Bertz CT molecular complexity index is 172. The lowest BCUT2D eigenvalue weighted by Crippen LogP contribution is -2.13. The Morgan fingerprint density at radius 1 is 1.60 bits per heavy atom. The van der Waals surface area contributed by atoms with Gasteiger partial charge in [-0.15, -0.1) is 0 Å². The summed E-state index contributed by atoms with van der Waals surface area (Å²) in [4.78, 5) is 0. The van der Waals surface area contributed by atoms with Crippen molar-refractivity contribution in [2.24, 2.45) is 5.92 Å². The highest BCUT2D eigenvalue weighted by Crippen LogP contribution is 1.96. The predicted octanol–water partition coefficient (Wildman–Crippen LogP) is -0.566. The molecule has 0 aromatic rings. The van der Waals surface area contributed by atoms with Crippen LogP contribution in [0.3, 0.4) is 0 Å². The molecule has 0 radical (unpaired) electrons. The molecule has 0 aliphatic rings. The van der Waals surface area contributed by atoms with Gasteiger partial charge in [-0.1, -0.05) is 6.92 Å². The van der Waals surface area contributed by atoms with Crippen molar-refractivity contribution in [1.82, 2.24) is 0 Å². The third-order valence-electron chi connectivity index (χ3n) is 0.813. The van der Waals surface area contributed by atoms with E-state index in [0.29, 0.717) is 0 Å². The average molecular weight is 170 g/mol. The lowest BCUT2D eigenvalue weighted by atomic mass is 10.2. The van der Waals surface area contributed by atoms with E-state index in [1.54, 1.807) is 6.92 Å². The molecule has 62 valence electrons. The maximum Gasteiger partial charge on any atom is 0.397 e. The molecule has 0 rings (SSSR count). The highest BCUT2D eigenvalue weighted by atomic mass is 32.3. The molecule has 5 nitrogen and oxygen atoms in total. The molecule has 0 aliphatic carbocycles. The van der Waals surface area contributed by atoms with E-state index in [0.717, 1.165) is 0 Å². The van der Waals surface area contributed by atoms with Gasteiger partial charge in [0, 0.05) is 12.5 Å². The van der Waals surface area contributed by atoms with Crippen LogP contribution >= 0.6 is 0 Å². The van der Waals surface area contributed by atoms with Gasteiger partial charge in [-0.2, -0.15) is 8.42 Å². The normalized spacial score (nSPS) is 15.1. The molecule has 10 heavy (non-hydrogen) atoms. The van der Waals surface area contributed by atoms with Crippen LogP contribution in [0.2, 0.25) is 0 Å². The smallest absolute Gasteiger partial charge is 0.396 e. The van der Waals surface area contributed by atoms with Crippen molar-refractivity contribution >= 4 is 10.4 Å². The molecule has 6 heteroatoms. The summed E-state index contributed by atoms with van der Waals surface area (Å²) in [6.07, 6.45) is 0. The highest BCUT2D eigenvalue weighted by Gasteiger charge is 2.07. The molecule has 0 fully saturated rings. The van der Waals surface area contributed by atoms with Crippen molar-refractivity contribution < 1.29 is 22.3 Å². The zero-order valence-corrected chi connectivity index (χ0v) is 6.34. The molecule has 0 bridgehead atoms. The maximum atomic E-state index is 9.90. The summed E-state index contributed by atoms with van der Waals surface area (Å²) >= 11 is 0. The lowest BCUT2D eigenvalue weighted by Gasteiger charge is -2.04. The van der Waals surface area contributed by atoms with Crippen molar-refractivity contribution in [1.29, 1.82) is 0 Å². The Kier molecular flexibility index (Phi) is 3.80. The predicted molar refractivity (Wildman–Crippen MR) is 33.8 cm³/mol. The first-order valence-corrected chi connectivity index (χ1v) is 4.05. The van der Waals surface area contributed by atoms with Crippen molar-refractivity contribution in [3.63, 3.8) is 0 Å². The first-order valence-electron chi connectivity index (χ1n) is 2.68. The van der Waals surface area contributed by atoms with E-state index < -0.39 is 10.4 Å². The molecule has 1 unspecified atom stereocenters. The second kappa shape index (κ2) is 3.87. The Labute approximate surface area is 59.6 Å². The highest BCUT2D eigenvalue weighted by molar-refractivity contribution is 7.80. The number of aliphatic hydroxyl groups is 1. The van der Waals surface area contributed by atoms with Crippen LogP contribution in [0.25, 0.3) is 0 Å². The van der Waals surface area contributed by atoms with Gasteiger partial charge in [0.05, 0.1) is 6.61 Å². The quantitative estimate of drug-likeness (QED) is 0.552. The zero-order chi connectivity index (χ0) is 8.20. The second-order valence-corrected chi connectivity index (χ2v) is 3.09. The van der Waals surface area contributed by atoms with E-state index in [1.807, 2.05) is 0 Å². The fourth-order valence-corrected chi connectivity index (χ4v) is 0.659. The van der Waals surface area contributed by atoms with Crippen LogP contribution in [-0.4, -0.2) is 31.3 Å². The summed E-state index contributed by atoms with van der Waals surface area (Å²) < 4.78 is 31.8. The third-order valence-corrected chi connectivity index (χ3v) is 1.25. The zero-order valence-electron chi connectivity index (χ0n) is 5.52. The Balaban J connectivity index is 3.56. The summed E-state index contributed by atoms with van der Waals surface area (Å²) in [7, 11) is -4.34. The van der Waals surface area contributed by atoms with Crippen LogP contribution in [0, 0.1) is 5.92 Å². The Morgan fingerprint density at radius 2 is 2.10 bits per heavy atom. The molecule has 0 amide bonds. The standard InChI is InChI=1S/C4H10O5S/c1-4(2-5)3-9-10(6,7)8/h4-5H,2-3H2,1H3,(H,6,7,8). The first kappa shape index (κ1) is 9.83. The molecule has 0 aromatic carbocycles. The van der Waals surface area contributed by atoms with Gasteiger partial charge < -0.3 is 5.11 Å². The van der Waals surface area contributed by atoms with Gasteiger partial charge >= 0.3 is 10.4 Å². The summed E-state index contributed by atoms with van der Waals surface area (Å²) in [5.41, 5.74) is 0. The Hall–Kier alpha value is -0.170. The maximum absolute atomic E-state index is 9.90. The van der Waals surface area contributed by atoms with Crippen LogP contribution in [0.1, 0.15) is 6.92 Å². The van der Waals surface area contributed by atoms with Crippen LogP contribution in [0.4, 0.5) is 0 Å². The minimum atomic E-state index is -4.34. The van der Waals surface area contributed by atoms with Crippen LogP contribution < -0.4 is 0 Å². The van der Waals surface area contributed by atoms with E-state index in [2.05, 4.69) is 4.18 Å². The van der Waals surface area contributed by atoms with Crippen molar-refractivity contribution in [2.75, 3.05) is 13.2 Å². The number of hydrogen-bond donors (Lipinski definition) is 2. The van der Waals surface area contributed by atoms with E-state index >= 15 is 0 Å². The van der Waals surface area contributed by atoms with E-state index in [-0.39, 0.29) is 19.1 Å². The summed E-state index contributed by atoms with van der Waals surface area (Å²) in [5.74, 6) is -0.290. The molecule has 0 spiro atoms. The van der Waals surface area contributed by atoms with Gasteiger partial charge in [0.25, 0.3) is 0 Å². The van der Waals surface area contributed by atoms with E-state index in [1.165, 1.54) is 0 Å². The number of rotatable bonds is 4. The van der Waals surface area contributed by atoms with Crippen molar-refractivity contribution in [3.05, 3.63) is 0 Å². The van der Waals surface area contributed by atoms with E-state index in [4.69, 9.17) is 9.66 Å². The van der Waals surface area contributed by atoms with Gasteiger partial charge in [0.1, 0.15) is 0 Å². The monoisotopic (exact) mass is 170 g/mol. The lowest BCUT2D eigenvalue weighted by molar-refractivity contribution is 0.166. The van der Waals surface area contributed by atoms with Crippen LogP contribution in [0.5, 0.6) is 0 Å². The van der Waals surface area contributed by atoms with Gasteiger partial charge in [-0.05, 0) is 0 Å². The Morgan fingerprint density at radius 3 is 2.40 bits per heavy atom. The molecule has 2 N–H and O–H groups in total. The summed E-state index contributed by atoms with van der Waals surface area (Å²) in [5, 5.41) is 8.38. The SMILES string of the molecule is CC(CO)COS(=O)(=O)O. The summed E-state index contributed by atoms with van der Waals surface area (Å²) in [6.45, 7) is 1.22. The molecule has 0 aliphatic heterocycles. The molecule has 0 saturated carbocycles. The van der Waals surface area contributed by atoms with Gasteiger partial charge in [-0.25, -0.2) is 4.18 Å². The molecule has 0 heterocycles.